The van der Waals surface area contributed by atoms with Crippen LogP contribution in [0.4, 0.5) is 26.2 Å². The zero-order valence-corrected chi connectivity index (χ0v) is 20.3. The zero-order valence-electron chi connectivity index (χ0n) is 19.5. The lowest BCUT2D eigenvalue weighted by molar-refractivity contribution is -0.394. The summed E-state index contributed by atoms with van der Waals surface area (Å²) in [6, 6.07) is 8.70. The van der Waals surface area contributed by atoms with Gasteiger partial charge in [-0.15, -0.1) is 0 Å². The summed E-state index contributed by atoms with van der Waals surface area (Å²) in [7, 11) is 1.23. The van der Waals surface area contributed by atoms with Gasteiger partial charge in [0, 0.05) is 6.07 Å². The van der Waals surface area contributed by atoms with Gasteiger partial charge in [-0.1, -0.05) is 11.6 Å². The Labute approximate surface area is 222 Å². The predicted molar refractivity (Wildman–Crippen MR) is 133 cm³/mol. The molecule has 1 aliphatic heterocycles. The minimum absolute atomic E-state index is 0.0151. The summed E-state index contributed by atoms with van der Waals surface area (Å²) in [5.41, 5.74) is -1.53. The Bertz CT molecular complexity index is 1590. The molecule has 15 heteroatoms. The highest BCUT2D eigenvalue weighted by atomic mass is 35.5. The van der Waals surface area contributed by atoms with E-state index in [1.807, 2.05) is 5.32 Å². The number of ether oxygens (including phenoxy) is 2. The molecule has 0 radical (unpaired) electrons. The molecule has 1 fully saturated rings. The van der Waals surface area contributed by atoms with Crippen molar-refractivity contribution in [1.82, 2.24) is 5.32 Å². The number of urea groups is 1. The third-order valence-electron chi connectivity index (χ3n) is 5.31. The summed E-state index contributed by atoms with van der Waals surface area (Å²) in [4.78, 5) is 59.2. The molecule has 0 aliphatic carbocycles. The number of nitro benzene ring substituents is 2. The summed E-state index contributed by atoms with van der Waals surface area (Å²) in [5.74, 6) is -3.23. The van der Waals surface area contributed by atoms with E-state index >= 15 is 0 Å². The van der Waals surface area contributed by atoms with E-state index in [1.165, 1.54) is 31.4 Å². The second kappa shape index (κ2) is 10.5. The van der Waals surface area contributed by atoms with Crippen LogP contribution in [0.3, 0.4) is 0 Å². The van der Waals surface area contributed by atoms with E-state index in [2.05, 4.69) is 0 Å². The molecule has 1 heterocycles. The number of hydrogen-bond donors (Lipinski definition) is 1. The number of benzene rings is 3. The molecule has 4 rings (SSSR count). The summed E-state index contributed by atoms with van der Waals surface area (Å²) >= 11 is 6.33. The first kappa shape index (κ1) is 26.7. The molecule has 0 aromatic heterocycles. The molecule has 4 amide bonds. The number of hydrogen-bond acceptors (Lipinski definition) is 9. The van der Waals surface area contributed by atoms with E-state index in [9.17, 15) is 39.0 Å². The minimum Gasteiger partial charge on any atom is -0.493 e. The molecule has 1 aliphatic rings. The molecular formula is C24H14ClFN4O9. The van der Waals surface area contributed by atoms with Crippen molar-refractivity contribution in [2.24, 2.45) is 0 Å². The SMILES string of the molecule is COc1cc(/C=C2\C(=O)NC(=O)N(c3ccc(F)cc3)C2=O)cc(Cl)c1Oc1ccc([N+](=O)[O-])cc1[N+](=O)[O-]. The maximum absolute atomic E-state index is 13.3. The quantitative estimate of drug-likeness (QED) is 0.186. The van der Waals surface area contributed by atoms with E-state index in [4.69, 9.17) is 21.1 Å². The first-order chi connectivity index (χ1) is 18.5. The summed E-state index contributed by atoms with van der Waals surface area (Å²) in [5, 5.41) is 24.3. The fourth-order valence-electron chi connectivity index (χ4n) is 3.53. The topological polar surface area (TPSA) is 171 Å². The van der Waals surface area contributed by atoms with Gasteiger partial charge in [-0.25, -0.2) is 14.1 Å². The van der Waals surface area contributed by atoms with Crippen molar-refractivity contribution < 1.29 is 38.1 Å². The molecule has 0 bridgehead atoms. The summed E-state index contributed by atoms with van der Waals surface area (Å²) < 4.78 is 24.1. The Kier molecular flexibility index (Phi) is 7.22. The fourth-order valence-corrected chi connectivity index (χ4v) is 3.79. The van der Waals surface area contributed by atoms with Crippen molar-refractivity contribution in [3.05, 3.63) is 96.8 Å². The normalized spacial score (nSPS) is 14.3. The largest absolute Gasteiger partial charge is 0.493 e. The molecule has 0 spiro atoms. The number of carbonyl (C=O) groups excluding carboxylic acids is 3. The van der Waals surface area contributed by atoms with Gasteiger partial charge >= 0.3 is 11.7 Å². The van der Waals surface area contributed by atoms with Crippen molar-refractivity contribution in [3.63, 3.8) is 0 Å². The van der Waals surface area contributed by atoms with Crippen LogP contribution >= 0.6 is 11.6 Å². The summed E-state index contributed by atoms with van der Waals surface area (Å²) in [6.07, 6.45) is 1.12. The van der Waals surface area contributed by atoms with E-state index in [-0.39, 0.29) is 33.5 Å². The van der Waals surface area contributed by atoms with Crippen LogP contribution < -0.4 is 19.7 Å². The monoisotopic (exact) mass is 556 g/mol. The Morgan fingerprint density at radius 1 is 0.974 bits per heavy atom. The van der Waals surface area contributed by atoms with Gasteiger partial charge in [0.05, 0.1) is 33.7 Å². The Balaban J connectivity index is 1.71. The molecular weight excluding hydrogens is 543 g/mol. The third-order valence-corrected chi connectivity index (χ3v) is 5.59. The third kappa shape index (κ3) is 5.35. The lowest BCUT2D eigenvalue weighted by Gasteiger charge is -2.26. The number of anilines is 1. The smallest absolute Gasteiger partial charge is 0.335 e. The molecule has 0 saturated carbocycles. The van der Waals surface area contributed by atoms with Crippen LogP contribution in [0.25, 0.3) is 6.08 Å². The molecule has 0 unspecified atom stereocenters. The van der Waals surface area contributed by atoms with Crippen LogP contribution in [-0.4, -0.2) is 34.8 Å². The first-order valence-corrected chi connectivity index (χ1v) is 11.0. The van der Waals surface area contributed by atoms with Gasteiger partial charge in [0.15, 0.2) is 11.5 Å². The number of amides is 4. The number of halogens is 2. The van der Waals surface area contributed by atoms with Crippen LogP contribution in [0, 0.1) is 26.0 Å². The Morgan fingerprint density at radius 3 is 2.28 bits per heavy atom. The first-order valence-electron chi connectivity index (χ1n) is 10.7. The van der Waals surface area contributed by atoms with Gasteiger partial charge in [0.25, 0.3) is 17.5 Å². The maximum atomic E-state index is 13.3. The highest BCUT2D eigenvalue weighted by Crippen LogP contribution is 2.43. The Hall–Kier alpha value is -5.37. The lowest BCUT2D eigenvalue weighted by Crippen LogP contribution is -2.54. The van der Waals surface area contributed by atoms with Crippen molar-refractivity contribution in [2.75, 3.05) is 12.0 Å². The average Bonchev–Trinajstić information content (AvgIpc) is 2.88. The highest BCUT2D eigenvalue weighted by molar-refractivity contribution is 6.39. The molecule has 198 valence electrons. The highest BCUT2D eigenvalue weighted by Gasteiger charge is 2.37. The fraction of sp³-hybridized carbons (Fsp3) is 0.0417. The number of nitrogens with zero attached hydrogens (tertiary/aromatic N) is 3. The van der Waals surface area contributed by atoms with E-state index in [0.717, 1.165) is 36.4 Å². The van der Waals surface area contributed by atoms with Crippen LogP contribution in [0.2, 0.25) is 5.02 Å². The standard InChI is InChI=1S/C24H14ClFN4O9/c1-38-20-10-12(8-16-22(31)27-24(33)28(23(16)32)14-4-2-13(26)3-5-14)9-17(25)21(20)39-19-7-6-15(29(34)35)11-18(19)30(36)37/h2-11H,1H3,(H,27,31,33)/b16-8+. The van der Waals surface area contributed by atoms with Crippen LogP contribution in [0.5, 0.6) is 17.2 Å². The number of imide groups is 2. The predicted octanol–water partition coefficient (Wildman–Crippen LogP) is 4.76. The second-order valence-electron chi connectivity index (χ2n) is 7.74. The van der Waals surface area contributed by atoms with Gasteiger partial charge in [-0.05, 0) is 54.1 Å². The van der Waals surface area contributed by atoms with Crippen molar-refractivity contribution in [2.45, 2.75) is 0 Å². The number of barbiturate groups is 1. The maximum Gasteiger partial charge on any atom is 0.335 e. The molecule has 0 atom stereocenters. The van der Waals surface area contributed by atoms with Crippen LogP contribution in [0.1, 0.15) is 5.56 Å². The molecule has 1 saturated heterocycles. The van der Waals surface area contributed by atoms with E-state index in [0.29, 0.717) is 4.90 Å². The number of nitrogens with one attached hydrogen (secondary N) is 1. The van der Waals surface area contributed by atoms with Gasteiger partial charge in [0.1, 0.15) is 11.4 Å². The average molecular weight is 557 g/mol. The van der Waals surface area contributed by atoms with Gasteiger partial charge in [0.2, 0.25) is 5.75 Å². The van der Waals surface area contributed by atoms with Gasteiger partial charge < -0.3 is 9.47 Å². The summed E-state index contributed by atoms with van der Waals surface area (Å²) in [6.45, 7) is 0. The number of rotatable bonds is 7. The molecule has 3 aromatic carbocycles. The second-order valence-corrected chi connectivity index (χ2v) is 8.14. The van der Waals surface area contributed by atoms with Crippen molar-refractivity contribution in [3.8, 4) is 17.2 Å². The lowest BCUT2D eigenvalue weighted by atomic mass is 10.1. The molecule has 3 aromatic rings. The minimum atomic E-state index is -1.03. The zero-order chi connectivity index (χ0) is 28.4. The Morgan fingerprint density at radius 2 is 1.67 bits per heavy atom. The van der Waals surface area contributed by atoms with Crippen molar-refractivity contribution in [1.29, 1.82) is 0 Å². The molecule has 1 N–H and O–H groups in total. The molecule has 13 nitrogen and oxygen atoms in total. The molecule has 39 heavy (non-hydrogen) atoms. The number of non-ortho nitro benzene ring substituents is 1. The number of carbonyl (C=O) groups is 3. The van der Waals surface area contributed by atoms with E-state index in [1.54, 1.807) is 0 Å². The van der Waals surface area contributed by atoms with Crippen molar-refractivity contribution >= 4 is 52.6 Å². The van der Waals surface area contributed by atoms with Crippen LogP contribution in [-0.2, 0) is 9.59 Å². The van der Waals surface area contributed by atoms with E-state index < -0.39 is 50.5 Å². The number of methoxy groups -OCH3 is 1. The van der Waals surface area contributed by atoms with Gasteiger partial charge in [-0.3, -0.25) is 35.1 Å². The van der Waals surface area contributed by atoms with Gasteiger partial charge in [-0.2, -0.15) is 0 Å². The number of nitro groups is 2. The van der Waals surface area contributed by atoms with Crippen LogP contribution in [0.15, 0.2) is 60.2 Å².